The van der Waals surface area contributed by atoms with Crippen molar-refractivity contribution in [2.45, 2.75) is 50.4 Å². The van der Waals surface area contributed by atoms with Crippen LogP contribution in [0.5, 0.6) is 11.5 Å². The highest BCUT2D eigenvalue weighted by molar-refractivity contribution is 6.42. The second-order valence-electron chi connectivity index (χ2n) is 11.4. The van der Waals surface area contributed by atoms with Crippen LogP contribution >= 0.6 is 23.2 Å². The summed E-state index contributed by atoms with van der Waals surface area (Å²) < 4.78 is 26.1. The van der Waals surface area contributed by atoms with E-state index in [4.69, 9.17) is 32.7 Å². The normalized spacial score (nSPS) is 18.8. The lowest BCUT2D eigenvalue weighted by atomic mass is 9.86. The molecule has 0 radical (unpaired) electrons. The van der Waals surface area contributed by atoms with Crippen molar-refractivity contribution in [3.63, 3.8) is 0 Å². The van der Waals surface area contributed by atoms with E-state index in [2.05, 4.69) is 6.07 Å². The number of aliphatic hydroxyl groups is 1. The smallest absolute Gasteiger partial charge is 0.321 e. The number of aliphatic carboxylic acids is 1. The van der Waals surface area contributed by atoms with E-state index >= 15 is 0 Å². The molecule has 9 heteroatoms. The Balaban J connectivity index is 1.19. The lowest BCUT2D eigenvalue weighted by molar-refractivity contribution is -0.144. The van der Waals surface area contributed by atoms with Crippen molar-refractivity contribution in [3.8, 4) is 11.5 Å². The molecule has 0 saturated carbocycles. The van der Waals surface area contributed by atoms with Gasteiger partial charge in [0.2, 0.25) is 0 Å². The van der Waals surface area contributed by atoms with Crippen molar-refractivity contribution in [1.29, 1.82) is 0 Å². The summed E-state index contributed by atoms with van der Waals surface area (Å²) in [7, 11) is 0. The molecule has 4 aromatic carbocycles. The van der Waals surface area contributed by atoms with Gasteiger partial charge >= 0.3 is 5.97 Å². The summed E-state index contributed by atoms with van der Waals surface area (Å²) in [5.41, 5.74) is 5.77. The number of hydrogen-bond donors (Lipinski definition) is 2. The van der Waals surface area contributed by atoms with Crippen molar-refractivity contribution in [3.05, 3.63) is 128 Å². The number of ether oxygens (including phenoxy) is 2. The van der Waals surface area contributed by atoms with Crippen molar-refractivity contribution < 1.29 is 28.9 Å². The van der Waals surface area contributed by atoms with Crippen LogP contribution in [0.25, 0.3) is 0 Å². The molecule has 0 bridgehead atoms. The van der Waals surface area contributed by atoms with E-state index in [1.165, 1.54) is 12.1 Å². The topological polar surface area (TPSA) is 79.2 Å². The summed E-state index contributed by atoms with van der Waals surface area (Å²) in [6.07, 6.45) is 1.38. The van der Waals surface area contributed by atoms with Gasteiger partial charge in [-0.3, -0.25) is 9.69 Å². The maximum absolute atomic E-state index is 13.8. The number of rotatable bonds is 8. The minimum absolute atomic E-state index is 0.214. The Kier molecular flexibility index (Phi) is 9.10. The monoisotopic (exact) mass is 635 g/mol. The Labute approximate surface area is 265 Å². The van der Waals surface area contributed by atoms with E-state index in [-0.39, 0.29) is 18.3 Å². The average Bonchev–Trinajstić information content (AvgIpc) is 3.22. The van der Waals surface area contributed by atoms with Gasteiger partial charge in [-0.25, -0.2) is 4.39 Å². The summed E-state index contributed by atoms with van der Waals surface area (Å²) in [6, 6.07) is 22.8. The van der Waals surface area contributed by atoms with Gasteiger partial charge in [-0.1, -0.05) is 59.6 Å². The maximum Gasteiger partial charge on any atom is 0.321 e. The van der Waals surface area contributed by atoms with E-state index in [0.717, 1.165) is 52.0 Å². The third-order valence-corrected chi connectivity index (χ3v) is 9.21. The van der Waals surface area contributed by atoms with Crippen LogP contribution in [0.2, 0.25) is 10.0 Å². The molecule has 0 amide bonds. The fourth-order valence-corrected chi connectivity index (χ4v) is 6.47. The Morgan fingerprint density at radius 3 is 2.52 bits per heavy atom. The van der Waals surface area contributed by atoms with Crippen LogP contribution in [0, 0.1) is 5.82 Å². The molecule has 6 nitrogen and oxygen atoms in total. The van der Waals surface area contributed by atoms with Crippen LogP contribution in [0.4, 0.5) is 4.39 Å². The van der Waals surface area contributed by atoms with E-state index in [9.17, 15) is 19.4 Å². The third-order valence-electron chi connectivity index (χ3n) is 8.47. The number of hydrogen-bond acceptors (Lipinski definition) is 5. The zero-order valence-electron chi connectivity index (χ0n) is 23.9. The summed E-state index contributed by atoms with van der Waals surface area (Å²) in [5, 5.41) is 20.8. The number of carbonyl (C=O) groups is 1. The molecule has 3 atom stereocenters. The lowest BCUT2D eigenvalue weighted by Gasteiger charge is -2.35. The van der Waals surface area contributed by atoms with Crippen LogP contribution in [-0.2, 0) is 30.7 Å². The second-order valence-corrected chi connectivity index (χ2v) is 12.2. The Morgan fingerprint density at radius 1 is 0.977 bits per heavy atom. The van der Waals surface area contributed by atoms with Crippen molar-refractivity contribution in [2.24, 2.45) is 0 Å². The van der Waals surface area contributed by atoms with Crippen LogP contribution in [0.15, 0.2) is 78.9 Å². The molecule has 2 heterocycles. The largest absolute Gasteiger partial charge is 0.493 e. The molecule has 44 heavy (non-hydrogen) atoms. The molecule has 0 saturated heterocycles. The molecule has 0 aliphatic carbocycles. The molecule has 228 valence electrons. The number of benzene rings is 4. The molecule has 0 spiro atoms. The first-order chi connectivity index (χ1) is 21.3. The first kappa shape index (κ1) is 30.4. The number of carboxylic acids is 1. The Bertz CT molecular complexity index is 1660. The average molecular weight is 637 g/mol. The van der Waals surface area contributed by atoms with Gasteiger partial charge in [-0.2, -0.15) is 0 Å². The molecule has 2 N–H and O–H groups in total. The standard InChI is InChI=1S/C35H32Cl2FNO5/c36-30-9-6-24(15-31(30)37)34(20-40)44-29-7-4-22(5-8-29)23-10-11-43-33-17-25-16-32(35(41)42)39(19-27(25)14-26(33)13-23)18-21-2-1-3-28(38)12-21/h1-9,12,14-15,17,23,32,34,40H,10-11,13,16,18-20H2,(H,41,42)/t23?,32-,34?/m0/s1. The van der Waals surface area contributed by atoms with Crippen LogP contribution in [0.3, 0.4) is 0 Å². The van der Waals surface area contributed by atoms with Gasteiger partial charge in [-0.15, -0.1) is 0 Å². The van der Waals surface area contributed by atoms with Crippen LogP contribution in [-0.4, -0.2) is 40.3 Å². The Hall–Kier alpha value is -3.62. The first-order valence-electron chi connectivity index (χ1n) is 14.6. The fraction of sp³-hybridized carbons (Fsp3) is 0.286. The predicted molar refractivity (Wildman–Crippen MR) is 167 cm³/mol. The number of halogens is 3. The second kappa shape index (κ2) is 13.2. The SMILES string of the molecule is O=C(O)[C@@H]1Cc2cc3c(cc2CN1Cc1cccc(F)c1)CC(c1ccc(OC(CO)c2ccc(Cl)c(Cl)c2)cc1)CCO3. The molecule has 2 aliphatic rings. The van der Waals surface area contributed by atoms with Gasteiger partial charge in [-0.05, 0) is 101 Å². The van der Waals surface area contributed by atoms with Crippen molar-refractivity contribution in [2.75, 3.05) is 13.2 Å². The minimum atomic E-state index is -0.891. The zero-order valence-corrected chi connectivity index (χ0v) is 25.4. The van der Waals surface area contributed by atoms with Gasteiger partial charge in [0.1, 0.15) is 29.5 Å². The number of fused-ring (bicyclic) bond motifs is 2. The molecule has 0 fully saturated rings. The van der Waals surface area contributed by atoms with E-state index in [1.807, 2.05) is 41.3 Å². The van der Waals surface area contributed by atoms with Gasteiger partial charge < -0.3 is 19.7 Å². The Morgan fingerprint density at radius 2 is 1.80 bits per heavy atom. The maximum atomic E-state index is 13.8. The van der Waals surface area contributed by atoms with E-state index in [1.54, 1.807) is 24.3 Å². The number of carboxylic acid groups (broad SMARTS) is 1. The van der Waals surface area contributed by atoms with E-state index < -0.39 is 18.1 Å². The molecule has 0 aromatic heterocycles. The highest BCUT2D eigenvalue weighted by atomic mass is 35.5. The number of nitrogens with zero attached hydrogens (tertiary/aromatic N) is 1. The summed E-state index contributed by atoms with van der Waals surface area (Å²) >= 11 is 12.2. The van der Waals surface area contributed by atoms with Crippen molar-refractivity contribution >= 4 is 29.2 Å². The third kappa shape index (κ3) is 6.71. The summed E-state index contributed by atoms with van der Waals surface area (Å²) in [6.45, 7) is 1.14. The highest BCUT2D eigenvalue weighted by Gasteiger charge is 2.33. The molecule has 4 aromatic rings. The molecule has 2 unspecified atom stereocenters. The zero-order chi connectivity index (χ0) is 30.8. The highest BCUT2D eigenvalue weighted by Crippen LogP contribution is 2.38. The molecule has 6 rings (SSSR count). The summed E-state index contributed by atoms with van der Waals surface area (Å²) in [5.74, 6) is 0.425. The lowest BCUT2D eigenvalue weighted by Crippen LogP contribution is -2.45. The quantitative estimate of drug-likeness (QED) is 0.210. The first-order valence-corrected chi connectivity index (χ1v) is 15.3. The van der Waals surface area contributed by atoms with Gasteiger partial charge in [0.25, 0.3) is 0 Å². The molecular weight excluding hydrogens is 604 g/mol. The van der Waals surface area contributed by atoms with Crippen LogP contribution < -0.4 is 9.47 Å². The van der Waals surface area contributed by atoms with Gasteiger partial charge in [0, 0.05) is 13.1 Å². The minimum Gasteiger partial charge on any atom is -0.493 e. The van der Waals surface area contributed by atoms with Gasteiger partial charge in [0.15, 0.2) is 0 Å². The molecule has 2 aliphatic heterocycles. The fourth-order valence-electron chi connectivity index (χ4n) is 6.16. The van der Waals surface area contributed by atoms with Crippen LogP contribution in [0.1, 0.15) is 51.8 Å². The van der Waals surface area contributed by atoms with Gasteiger partial charge in [0.05, 0.1) is 23.3 Å². The van der Waals surface area contributed by atoms with Crippen molar-refractivity contribution in [1.82, 2.24) is 4.90 Å². The number of aliphatic hydroxyl groups excluding tert-OH is 1. The summed E-state index contributed by atoms with van der Waals surface area (Å²) in [4.78, 5) is 14.1. The van der Waals surface area contributed by atoms with E-state index in [0.29, 0.717) is 41.9 Å². The molecular formula is C35H32Cl2FNO5. The predicted octanol–water partition coefficient (Wildman–Crippen LogP) is 7.37.